The molecule has 1 aliphatic heterocycles. The molecule has 0 fully saturated rings. The van der Waals surface area contributed by atoms with Crippen molar-refractivity contribution in [3.8, 4) is 17.2 Å². The zero-order chi connectivity index (χ0) is 22.5. The van der Waals surface area contributed by atoms with Gasteiger partial charge in [-0.05, 0) is 37.3 Å². The van der Waals surface area contributed by atoms with E-state index in [2.05, 4.69) is 62.3 Å². The van der Waals surface area contributed by atoms with Gasteiger partial charge in [-0.2, -0.15) is 0 Å². The minimum absolute atomic E-state index is 0.0897. The molecule has 0 N–H and O–H groups in total. The van der Waals surface area contributed by atoms with Crippen LogP contribution in [0.4, 0.5) is 0 Å². The topological polar surface area (TPSA) is 35.5 Å². The monoisotopic (exact) mass is 446 g/mol. The maximum atomic E-state index is 14.9. The molecule has 2 atom stereocenters. The van der Waals surface area contributed by atoms with E-state index in [-0.39, 0.29) is 21.1 Å². The Morgan fingerprint density at radius 1 is 0.833 bits per heavy atom. The van der Waals surface area contributed by atoms with Gasteiger partial charge in [0.1, 0.15) is 24.4 Å². The largest absolute Gasteiger partial charge is 0.477 e. The van der Waals surface area contributed by atoms with Crippen LogP contribution in [0.15, 0.2) is 48.5 Å². The van der Waals surface area contributed by atoms with Crippen LogP contribution in [0.3, 0.4) is 0 Å². The first kappa shape index (κ1) is 23.4. The van der Waals surface area contributed by atoms with Crippen LogP contribution in [-0.2, 0) is 4.57 Å². The van der Waals surface area contributed by atoms with Crippen LogP contribution in [0.25, 0.3) is 0 Å². The van der Waals surface area contributed by atoms with Crippen LogP contribution in [0.5, 0.6) is 17.2 Å². The standard InChI is InChI=1S/C25H36O3P2/c1-23(2,3)29-21-19(27-18-14-11-10-12-15-18)16-13-17-20(21)28-22(29)30(26,24(4,5)6)25(7,8)9/h10-17,22H,1-9H3/t22-,29?/m1/s1. The molecule has 2 aromatic rings. The summed E-state index contributed by atoms with van der Waals surface area (Å²) in [5.41, 5.74) is -0.331. The molecule has 3 nitrogen and oxygen atoms in total. The highest BCUT2D eigenvalue weighted by atomic mass is 31.2. The van der Waals surface area contributed by atoms with E-state index in [4.69, 9.17) is 9.47 Å². The molecule has 0 spiro atoms. The zero-order valence-electron chi connectivity index (χ0n) is 19.8. The van der Waals surface area contributed by atoms with Crippen molar-refractivity contribution in [2.24, 2.45) is 0 Å². The van der Waals surface area contributed by atoms with Crippen LogP contribution in [-0.4, -0.2) is 21.1 Å². The van der Waals surface area contributed by atoms with Crippen LogP contribution in [0, 0.1) is 0 Å². The third kappa shape index (κ3) is 3.96. The fourth-order valence-corrected chi connectivity index (χ4v) is 15.2. The molecule has 0 bridgehead atoms. The van der Waals surface area contributed by atoms with E-state index in [9.17, 15) is 4.57 Å². The third-order valence-corrected chi connectivity index (χ3v) is 15.0. The van der Waals surface area contributed by atoms with Crippen molar-refractivity contribution in [3.05, 3.63) is 48.5 Å². The second kappa shape index (κ2) is 7.68. The highest BCUT2D eigenvalue weighted by Gasteiger charge is 2.60. The van der Waals surface area contributed by atoms with E-state index in [0.29, 0.717) is 0 Å². The molecular formula is C25H36O3P2. The summed E-state index contributed by atoms with van der Waals surface area (Å²) < 4.78 is 27.9. The number of rotatable bonds is 3. The molecule has 164 valence electrons. The molecule has 1 aliphatic rings. The first-order chi connectivity index (χ1) is 13.7. The van der Waals surface area contributed by atoms with E-state index < -0.39 is 15.1 Å². The van der Waals surface area contributed by atoms with Crippen molar-refractivity contribution < 1.29 is 14.0 Å². The highest BCUT2D eigenvalue weighted by Crippen LogP contribution is 2.80. The Morgan fingerprint density at radius 2 is 1.40 bits per heavy atom. The van der Waals surface area contributed by atoms with Gasteiger partial charge in [-0.3, -0.25) is 0 Å². The average Bonchev–Trinajstić information content (AvgIpc) is 3.01. The molecule has 2 aromatic carbocycles. The van der Waals surface area contributed by atoms with Gasteiger partial charge in [0.05, 0.1) is 5.30 Å². The normalized spacial score (nSPS) is 19.9. The Morgan fingerprint density at radius 3 is 1.90 bits per heavy atom. The van der Waals surface area contributed by atoms with Crippen LogP contribution < -0.4 is 14.8 Å². The van der Waals surface area contributed by atoms with E-state index in [1.807, 2.05) is 48.5 Å². The summed E-state index contributed by atoms with van der Waals surface area (Å²) in [6.45, 7) is 19.3. The first-order valence-corrected chi connectivity index (χ1v) is 13.8. The maximum Gasteiger partial charge on any atom is 0.174 e. The molecule has 0 saturated heterocycles. The number of hydrogen-bond acceptors (Lipinski definition) is 3. The molecular weight excluding hydrogens is 410 g/mol. The molecule has 5 heteroatoms. The first-order valence-electron chi connectivity index (χ1n) is 10.6. The minimum atomic E-state index is -2.82. The zero-order valence-corrected chi connectivity index (χ0v) is 21.6. The van der Waals surface area contributed by atoms with Crippen molar-refractivity contribution in [1.29, 1.82) is 0 Å². The fourth-order valence-electron chi connectivity index (χ4n) is 4.38. The summed E-state index contributed by atoms with van der Waals surface area (Å²) in [6, 6.07) is 15.8. The SMILES string of the molecule is CC(C)(C)P1c2c(Oc3ccccc3)cccc2O[C@H]1P(=O)(C(C)(C)C)C(C)(C)C. The van der Waals surface area contributed by atoms with Gasteiger partial charge in [-0.15, -0.1) is 0 Å². The predicted molar refractivity (Wildman–Crippen MR) is 131 cm³/mol. The van der Waals surface area contributed by atoms with Gasteiger partial charge in [0, 0.05) is 10.3 Å². The minimum Gasteiger partial charge on any atom is -0.477 e. The summed E-state index contributed by atoms with van der Waals surface area (Å²) >= 11 is 0. The number of ether oxygens (including phenoxy) is 2. The van der Waals surface area contributed by atoms with E-state index in [1.165, 1.54) is 0 Å². The average molecular weight is 447 g/mol. The van der Waals surface area contributed by atoms with Gasteiger partial charge in [0.2, 0.25) is 0 Å². The van der Waals surface area contributed by atoms with Crippen molar-refractivity contribution in [2.75, 3.05) is 0 Å². The fraction of sp³-hybridized carbons (Fsp3) is 0.520. The molecule has 0 saturated carbocycles. The second-order valence-corrected chi connectivity index (χ2v) is 18.9. The molecule has 1 unspecified atom stereocenters. The Kier molecular flexibility index (Phi) is 5.98. The van der Waals surface area contributed by atoms with Gasteiger partial charge in [0.25, 0.3) is 0 Å². The number of para-hydroxylation sites is 1. The lowest BCUT2D eigenvalue weighted by atomic mass is 10.2. The lowest BCUT2D eigenvalue weighted by molar-refractivity contribution is 0.340. The summed E-state index contributed by atoms with van der Waals surface area (Å²) in [5, 5.41) is 0.268. The summed E-state index contributed by atoms with van der Waals surface area (Å²) in [7, 11) is -3.73. The van der Waals surface area contributed by atoms with Crippen LogP contribution in [0.2, 0.25) is 0 Å². The Balaban J connectivity index is 2.19. The third-order valence-electron chi connectivity index (χ3n) is 5.65. The highest BCUT2D eigenvalue weighted by molar-refractivity contribution is 7.84. The second-order valence-electron chi connectivity index (χ2n) is 11.0. The van der Waals surface area contributed by atoms with Crippen molar-refractivity contribution in [3.63, 3.8) is 0 Å². The number of fused-ring (bicyclic) bond motifs is 1. The van der Waals surface area contributed by atoms with Crippen molar-refractivity contribution in [1.82, 2.24) is 0 Å². The van der Waals surface area contributed by atoms with Gasteiger partial charge in [0.15, 0.2) is 5.59 Å². The number of hydrogen-bond donors (Lipinski definition) is 0. The lowest BCUT2D eigenvalue weighted by Crippen LogP contribution is -2.38. The Labute approximate surface area is 183 Å². The van der Waals surface area contributed by atoms with E-state index >= 15 is 0 Å². The summed E-state index contributed by atoms with van der Waals surface area (Å²) in [5.74, 6) is 2.44. The molecule has 1 heterocycles. The molecule has 0 aliphatic carbocycles. The van der Waals surface area contributed by atoms with Gasteiger partial charge < -0.3 is 14.0 Å². The van der Waals surface area contributed by atoms with Crippen LogP contribution >= 0.6 is 15.1 Å². The molecule has 0 amide bonds. The molecule has 0 aromatic heterocycles. The number of benzene rings is 2. The van der Waals surface area contributed by atoms with Crippen molar-refractivity contribution in [2.45, 2.75) is 83.4 Å². The van der Waals surface area contributed by atoms with Gasteiger partial charge in [-0.25, -0.2) is 0 Å². The predicted octanol–water partition coefficient (Wildman–Crippen LogP) is 8.02. The maximum absolute atomic E-state index is 14.9. The van der Waals surface area contributed by atoms with Gasteiger partial charge in [-0.1, -0.05) is 86.6 Å². The molecule has 30 heavy (non-hydrogen) atoms. The Hall–Kier alpha value is -1.30. The summed E-state index contributed by atoms with van der Waals surface area (Å²) in [4.78, 5) is 0. The van der Waals surface area contributed by atoms with Crippen LogP contribution in [0.1, 0.15) is 62.3 Å². The quantitative estimate of drug-likeness (QED) is 0.448. The van der Waals surface area contributed by atoms with Gasteiger partial charge >= 0.3 is 0 Å². The van der Waals surface area contributed by atoms with E-state index in [1.54, 1.807) is 0 Å². The lowest BCUT2D eigenvalue weighted by Gasteiger charge is -2.47. The Bertz CT molecular complexity index is 929. The smallest absolute Gasteiger partial charge is 0.174 e. The van der Waals surface area contributed by atoms with Crippen molar-refractivity contribution >= 4 is 20.4 Å². The molecule has 0 radical (unpaired) electrons. The van der Waals surface area contributed by atoms with E-state index in [0.717, 1.165) is 22.6 Å². The molecule has 3 rings (SSSR count). The summed E-state index contributed by atoms with van der Waals surface area (Å²) in [6.07, 6.45) is 0.